The van der Waals surface area contributed by atoms with Crippen LogP contribution in [0.5, 0.6) is 0 Å². The third kappa shape index (κ3) is 4.23. The minimum atomic E-state index is -3.39. The average Bonchev–Trinajstić information content (AvgIpc) is 3.30. The predicted molar refractivity (Wildman–Crippen MR) is 92.7 cm³/mol. The van der Waals surface area contributed by atoms with Gasteiger partial charge in [0.15, 0.2) is 9.84 Å². The summed E-state index contributed by atoms with van der Waals surface area (Å²) < 4.78 is 24.5. The summed E-state index contributed by atoms with van der Waals surface area (Å²) in [5, 5.41) is 11.0. The van der Waals surface area contributed by atoms with E-state index in [0.717, 1.165) is 12.1 Å². The summed E-state index contributed by atoms with van der Waals surface area (Å²) in [6.07, 6.45) is 6.23. The Morgan fingerprint density at radius 3 is 2.83 bits per heavy atom. The Kier molecular flexibility index (Phi) is 4.92. The molecule has 23 heavy (non-hydrogen) atoms. The summed E-state index contributed by atoms with van der Waals surface area (Å²) in [5.41, 5.74) is 0.881. The molecule has 1 aliphatic heterocycles. The molecule has 1 N–H and O–H groups in total. The van der Waals surface area contributed by atoms with Crippen LogP contribution in [0.2, 0.25) is 5.02 Å². The smallest absolute Gasteiger partial charge is 0.179 e. The van der Waals surface area contributed by atoms with Crippen LogP contribution in [0.15, 0.2) is 41.3 Å². The van der Waals surface area contributed by atoms with Gasteiger partial charge in [0.25, 0.3) is 0 Å². The normalized spacial score (nSPS) is 26.9. The molecule has 0 amide bonds. The van der Waals surface area contributed by atoms with Crippen LogP contribution in [0.1, 0.15) is 18.4 Å². The van der Waals surface area contributed by atoms with Crippen molar-refractivity contribution < 1.29 is 13.5 Å². The van der Waals surface area contributed by atoms with Crippen molar-refractivity contribution in [3.05, 3.63) is 51.9 Å². The van der Waals surface area contributed by atoms with Crippen LogP contribution < -0.4 is 0 Å². The molecule has 2 fully saturated rings. The van der Waals surface area contributed by atoms with E-state index in [4.69, 9.17) is 11.6 Å². The van der Waals surface area contributed by atoms with Crippen molar-refractivity contribution in [1.82, 2.24) is 4.90 Å². The monoisotopic (exact) mass is 353 g/mol. The molecule has 0 bridgehead atoms. The molecule has 0 aromatic heterocycles. The second kappa shape index (κ2) is 6.77. The molecular formula is C17H20ClNO3S. The van der Waals surface area contributed by atoms with Gasteiger partial charge in [0, 0.05) is 18.1 Å². The molecular weight excluding hydrogens is 334 g/mol. The van der Waals surface area contributed by atoms with E-state index in [-0.39, 0.29) is 10.7 Å². The van der Waals surface area contributed by atoms with Crippen molar-refractivity contribution in [2.75, 3.05) is 18.8 Å². The molecule has 0 spiro atoms. The molecule has 1 saturated heterocycles. The maximum Gasteiger partial charge on any atom is 0.179 e. The fourth-order valence-electron chi connectivity index (χ4n) is 2.70. The van der Waals surface area contributed by atoms with E-state index in [1.54, 1.807) is 24.3 Å². The van der Waals surface area contributed by atoms with Crippen LogP contribution in [0.3, 0.4) is 0 Å². The van der Waals surface area contributed by atoms with Gasteiger partial charge in [-0.1, -0.05) is 35.9 Å². The Hall–Kier alpha value is -1.14. The maximum absolute atomic E-state index is 12.2. The van der Waals surface area contributed by atoms with E-state index >= 15 is 0 Å². The van der Waals surface area contributed by atoms with E-state index in [2.05, 4.69) is 0 Å². The number of benzene rings is 1. The second-order valence-electron chi connectivity index (χ2n) is 6.11. The fraction of sp³-hybridized carbons (Fsp3) is 0.412. The molecule has 124 valence electrons. The number of hydrogen-bond donors (Lipinski definition) is 1. The number of rotatable bonds is 4. The van der Waals surface area contributed by atoms with Crippen molar-refractivity contribution in [1.29, 1.82) is 0 Å². The largest absolute Gasteiger partial charge is 0.373 e. The van der Waals surface area contributed by atoms with Crippen LogP contribution >= 0.6 is 11.6 Å². The molecule has 2 aliphatic rings. The van der Waals surface area contributed by atoms with E-state index < -0.39 is 16.1 Å². The lowest BCUT2D eigenvalue weighted by molar-refractivity contribution is 0.0349. The Morgan fingerprint density at radius 1 is 1.35 bits per heavy atom. The van der Waals surface area contributed by atoms with Gasteiger partial charge in [0.2, 0.25) is 0 Å². The molecule has 4 nitrogen and oxygen atoms in total. The SMILES string of the molecule is O=S1(=O)CCN(CC2CC2)C(O)/C1=C\C=C\c1cccc(Cl)c1. The lowest BCUT2D eigenvalue weighted by Crippen LogP contribution is -2.47. The minimum absolute atomic E-state index is 0.0631. The first kappa shape index (κ1) is 16.7. The summed E-state index contributed by atoms with van der Waals surface area (Å²) in [6, 6.07) is 7.29. The first-order valence-electron chi connectivity index (χ1n) is 7.74. The van der Waals surface area contributed by atoms with Gasteiger partial charge in [-0.15, -0.1) is 0 Å². The molecule has 1 heterocycles. The molecule has 1 atom stereocenters. The van der Waals surface area contributed by atoms with Crippen molar-refractivity contribution in [3.63, 3.8) is 0 Å². The zero-order valence-electron chi connectivity index (χ0n) is 12.7. The Balaban J connectivity index is 1.78. The lowest BCUT2D eigenvalue weighted by atomic mass is 10.2. The Bertz CT molecular complexity index is 738. The quantitative estimate of drug-likeness (QED) is 0.904. The molecule has 1 unspecified atom stereocenters. The van der Waals surface area contributed by atoms with Gasteiger partial charge in [0.1, 0.15) is 6.23 Å². The third-order valence-electron chi connectivity index (χ3n) is 4.19. The van der Waals surface area contributed by atoms with Crippen LogP contribution in [-0.2, 0) is 9.84 Å². The number of aliphatic hydroxyl groups excluding tert-OH is 1. The molecule has 1 aliphatic carbocycles. The molecule has 1 saturated carbocycles. The summed E-state index contributed by atoms with van der Waals surface area (Å²) in [7, 11) is -3.39. The summed E-state index contributed by atoms with van der Waals surface area (Å²) in [6.45, 7) is 1.17. The van der Waals surface area contributed by atoms with E-state index in [9.17, 15) is 13.5 Å². The third-order valence-corrected chi connectivity index (χ3v) is 6.21. The molecule has 1 aromatic carbocycles. The van der Waals surface area contributed by atoms with Crippen LogP contribution in [0.4, 0.5) is 0 Å². The highest BCUT2D eigenvalue weighted by molar-refractivity contribution is 7.95. The molecule has 0 radical (unpaired) electrons. The molecule has 6 heteroatoms. The number of aliphatic hydroxyl groups is 1. The van der Waals surface area contributed by atoms with Crippen LogP contribution in [0.25, 0.3) is 6.08 Å². The Morgan fingerprint density at radius 2 is 2.13 bits per heavy atom. The predicted octanol–water partition coefficient (Wildman–Crippen LogP) is 2.70. The number of sulfone groups is 1. The Labute approximate surface area is 142 Å². The average molecular weight is 354 g/mol. The number of hydrogen-bond acceptors (Lipinski definition) is 4. The van der Waals surface area contributed by atoms with Gasteiger partial charge in [0.05, 0.1) is 10.7 Å². The molecule has 1 aromatic rings. The summed E-state index contributed by atoms with van der Waals surface area (Å²) in [4.78, 5) is 1.94. The highest BCUT2D eigenvalue weighted by atomic mass is 35.5. The van der Waals surface area contributed by atoms with E-state index in [0.29, 0.717) is 17.5 Å². The van der Waals surface area contributed by atoms with Crippen molar-refractivity contribution in [2.45, 2.75) is 19.1 Å². The highest BCUT2D eigenvalue weighted by Crippen LogP contribution is 2.32. The summed E-state index contributed by atoms with van der Waals surface area (Å²) >= 11 is 5.92. The first-order valence-corrected chi connectivity index (χ1v) is 9.77. The zero-order chi connectivity index (χ0) is 16.4. The van der Waals surface area contributed by atoms with E-state index in [1.807, 2.05) is 17.0 Å². The second-order valence-corrected chi connectivity index (χ2v) is 8.66. The summed E-state index contributed by atoms with van der Waals surface area (Å²) in [5.74, 6) is 0.668. The van der Waals surface area contributed by atoms with Gasteiger partial charge in [-0.2, -0.15) is 0 Å². The molecule has 3 rings (SSSR count). The van der Waals surface area contributed by atoms with Crippen molar-refractivity contribution in [2.24, 2.45) is 5.92 Å². The standard InChI is InChI=1S/C17H20ClNO3S/c18-15-5-1-3-13(11-15)4-2-6-16-17(20)19(12-14-7-8-14)9-10-23(16,21)22/h1-6,11,14,17,20H,7-10,12H2/b4-2+,16-6+. The topological polar surface area (TPSA) is 57.6 Å². The highest BCUT2D eigenvalue weighted by Gasteiger charge is 2.37. The van der Waals surface area contributed by atoms with E-state index in [1.165, 1.54) is 18.9 Å². The number of halogens is 1. The van der Waals surface area contributed by atoms with Crippen molar-refractivity contribution in [3.8, 4) is 0 Å². The fourth-order valence-corrected chi connectivity index (χ4v) is 4.36. The number of nitrogens with zero attached hydrogens (tertiary/aromatic N) is 1. The van der Waals surface area contributed by atoms with Crippen LogP contribution in [-0.4, -0.2) is 43.5 Å². The number of allylic oxidation sites excluding steroid dienone is 2. The van der Waals surface area contributed by atoms with Gasteiger partial charge >= 0.3 is 0 Å². The lowest BCUT2D eigenvalue weighted by Gasteiger charge is -2.33. The maximum atomic E-state index is 12.2. The zero-order valence-corrected chi connectivity index (χ0v) is 14.3. The van der Waals surface area contributed by atoms with Gasteiger partial charge in [-0.25, -0.2) is 8.42 Å². The van der Waals surface area contributed by atoms with Gasteiger partial charge in [-0.05, 0) is 42.5 Å². The first-order chi connectivity index (χ1) is 11.0. The van der Waals surface area contributed by atoms with Crippen LogP contribution in [0, 0.1) is 5.92 Å². The van der Waals surface area contributed by atoms with Gasteiger partial charge < -0.3 is 5.11 Å². The van der Waals surface area contributed by atoms with Gasteiger partial charge in [-0.3, -0.25) is 4.90 Å². The van der Waals surface area contributed by atoms with Crippen molar-refractivity contribution >= 4 is 27.5 Å². The minimum Gasteiger partial charge on any atom is -0.373 e.